The summed E-state index contributed by atoms with van der Waals surface area (Å²) in [5, 5.41) is 4.10. The largest absolute Gasteiger partial charge is 0.306 e. The number of para-hydroxylation sites is 1. The van der Waals surface area contributed by atoms with Gasteiger partial charge in [-0.3, -0.25) is 24.6 Å². The van der Waals surface area contributed by atoms with Crippen LogP contribution in [0.5, 0.6) is 0 Å². The predicted octanol–water partition coefficient (Wildman–Crippen LogP) is 3.04. The molecular weight excluding hydrogens is 446 g/mol. The Bertz CT molecular complexity index is 1130. The maximum absolute atomic E-state index is 14.2. The van der Waals surface area contributed by atoms with E-state index in [0.717, 1.165) is 22.6 Å². The van der Waals surface area contributed by atoms with Crippen molar-refractivity contribution in [1.29, 1.82) is 0 Å². The van der Waals surface area contributed by atoms with Crippen LogP contribution in [-0.4, -0.2) is 47.7 Å². The predicted molar refractivity (Wildman–Crippen MR) is 125 cm³/mol. The summed E-state index contributed by atoms with van der Waals surface area (Å²) < 4.78 is 0. The lowest BCUT2D eigenvalue weighted by atomic mass is 9.76. The number of carbonyl (C=O) groups excluding carboxylic acids is 3. The molecule has 0 aliphatic carbocycles. The summed E-state index contributed by atoms with van der Waals surface area (Å²) in [6.07, 6.45) is 2.72. The Morgan fingerprint density at radius 2 is 1.78 bits per heavy atom. The van der Waals surface area contributed by atoms with Gasteiger partial charge < -0.3 is 4.90 Å². The number of amides is 3. The highest BCUT2D eigenvalue weighted by molar-refractivity contribution is 7.98. The zero-order chi connectivity index (χ0) is 22.6. The Morgan fingerprint density at radius 3 is 2.53 bits per heavy atom. The molecule has 0 radical (unpaired) electrons. The normalized spacial score (nSPS) is 28.7. The van der Waals surface area contributed by atoms with Crippen LogP contribution in [0.4, 0.5) is 5.69 Å². The highest BCUT2D eigenvalue weighted by Crippen LogP contribution is 2.55. The molecule has 1 spiro atoms. The van der Waals surface area contributed by atoms with Gasteiger partial charge in [0.05, 0.1) is 18.4 Å². The minimum Gasteiger partial charge on any atom is -0.306 e. The molecule has 1 N–H and O–H groups in total. The topological polar surface area (TPSA) is 69.7 Å². The number of benzene rings is 2. The summed E-state index contributed by atoms with van der Waals surface area (Å²) in [6, 6.07) is 14.8. The van der Waals surface area contributed by atoms with E-state index in [-0.39, 0.29) is 23.8 Å². The molecule has 32 heavy (non-hydrogen) atoms. The summed E-state index contributed by atoms with van der Waals surface area (Å²) in [5.41, 5.74) is 1.09. The maximum Gasteiger partial charge on any atom is 0.253 e. The van der Waals surface area contributed by atoms with Crippen molar-refractivity contribution in [3.05, 3.63) is 64.7 Å². The summed E-state index contributed by atoms with van der Waals surface area (Å²) in [4.78, 5) is 43.4. The average Bonchev–Trinajstić information content (AvgIpc) is 3.34. The fraction of sp³-hybridized carbons (Fsp3) is 0.375. The van der Waals surface area contributed by atoms with Gasteiger partial charge in [-0.25, -0.2) is 0 Å². The lowest BCUT2D eigenvalue weighted by molar-refractivity contribution is -0.141. The van der Waals surface area contributed by atoms with Crippen LogP contribution in [0.3, 0.4) is 0 Å². The molecule has 0 unspecified atom stereocenters. The van der Waals surface area contributed by atoms with Crippen molar-refractivity contribution in [2.24, 2.45) is 11.8 Å². The number of carbonyl (C=O) groups is 3. The van der Waals surface area contributed by atoms with Crippen LogP contribution in [0.1, 0.15) is 17.5 Å². The second-order valence-electron chi connectivity index (χ2n) is 8.58. The standard InChI is InChI=1S/C24H24ClN3O3S/c1-27-21(29)19-17(11-12-32-2)26-24(20(19)22(27)30)15-8-4-6-10-18(15)28(23(24)31)13-14-7-3-5-9-16(14)25/h3-10,17,19-20,26H,11-13H2,1-2H3/t17-,19-,20+,24-/m0/s1. The Labute approximate surface area is 196 Å². The van der Waals surface area contributed by atoms with Gasteiger partial charge in [-0.2, -0.15) is 11.8 Å². The molecule has 5 rings (SSSR count). The highest BCUT2D eigenvalue weighted by Gasteiger charge is 2.70. The van der Waals surface area contributed by atoms with Gasteiger partial charge in [-0.05, 0) is 36.1 Å². The van der Waals surface area contributed by atoms with Crippen molar-refractivity contribution >= 4 is 46.8 Å². The molecule has 2 fully saturated rings. The average molecular weight is 470 g/mol. The van der Waals surface area contributed by atoms with E-state index in [1.165, 1.54) is 11.9 Å². The number of halogens is 1. The van der Waals surface area contributed by atoms with Gasteiger partial charge >= 0.3 is 0 Å². The second-order valence-corrected chi connectivity index (χ2v) is 9.97. The van der Waals surface area contributed by atoms with E-state index in [4.69, 9.17) is 11.6 Å². The third-order valence-corrected chi connectivity index (χ3v) is 8.02. The Balaban J connectivity index is 1.63. The first-order valence-electron chi connectivity index (χ1n) is 10.6. The zero-order valence-corrected chi connectivity index (χ0v) is 19.4. The van der Waals surface area contributed by atoms with Crippen LogP contribution in [0.2, 0.25) is 5.02 Å². The van der Waals surface area contributed by atoms with Crippen LogP contribution in [0.25, 0.3) is 0 Å². The third kappa shape index (κ3) is 2.87. The molecule has 2 aromatic rings. The molecule has 0 bridgehead atoms. The Kier molecular flexibility index (Phi) is 5.31. The van der Waals surface area contributed by atoms with Crippen molar-refractivity contribution in [3.63, 3.8) is 0 Å². The number of rotatable bonds is 5. The first kappa shape index (κ1) is 21.5. The molecule has 3 heterocycles. The molecule has 4 atom stereocenters. The van der Waals surface area contributed by atoms with Crippen molar-refractivity contribution in [1.82, 2.24) is 10.2 Å². The van der Waals surface area contributed by atoms with E-state index in [1.807, 2.05) is 48.7 Å². The number of thioether (sulfide) groups is 1. The number of imide groups is 1. The molecule has 3 aliphatic heterocycles. The number of anilines is 1. The zero-order valence-electron chi connectivity index (χ0n) is 17.9. The highest BCUT2D eigenvalue weighted by atomic mass is 35.5. The third-order valence-electron chi connectivity index (χ3n) is 7.01. The van der Waals surface area contributed by atoms with Gasteiger partial charge in [0.25, 0.3) is 5.91 Å². The van der Waals surface area contributed by atoms with E-state index in [0.29, 0.717) is 18.0 Å². The van der Waals surface area contributed by atoms with Gasteiger partial charge in [-0.1, -0.05) is 48.0 Å². The lowest BCUT2D eigenvalue weighted by Gasteiger charge is -2.30. The van der Waals surface area contributed by atoms with Gasteiger partial charge in [0.2, 0.25) is 11.8 Å². The van der Waals surface area contributed by atoms with E-state index in [9.17, 15) is 14.4 Å². The number of fused-ring (bicyclic) bond motifs is 4. The fourth-order valence-electron chi connectivity index (χ4n) is 5.54. The molecule has 166 valence electrons. The number of hydrogen-bond acceptors (Lipinski definition) is 5. The molecule has 0 saturated carbocycles. The van der Waals surface area contributed by atoms with Crippen molar-refractivity contribution in [2.45, 2.75) is 24.5 Å². The number of nitrogens with one attached hydrogen (secondary N) is 1. The monoisotopic (exact) mass is 469 g/mol. The minimum atomic E-state index is -1.25. The van der Waals surface area contributed by atoms with Gasteiger partial charge in [-0.15, -0.1) is 0 Å². The summed E-state index contributed by atoms with van der Waals surface area (Å²) in [6.45, 7) is 0.295. The summed E-state index contributed by atoms with van der Waals surface area (Å²) in [7, 11) is 1.52. The van der Waals surface area contributed by atoms with Crippen LogP contribution >= 0.6 is 23.4 Å². The Hall–Kier alpha value is -2.35. The molecule has 3 aliphatic rings. The lowest BCUT2D eigenvalue weighted by Crippen LogP contribution is -2.54. The molecule has 2 saturated heterocycles. The number of likely N-dealkylation sites (tertiary alicyclic amines) is 1. The summed E-state index contributed by atoms with van der Waals surface area (Å²) >= 11 is 8.09. The van der Waals surface area contributed by atoms with Crippen molar-refractivity contribution in [2.75, 3.05) is 24.0 Å². The van der Waals surface area contributed by atoms with Crippen LogP contribution in [0.15, 0.2) is 48.5 Å². The first-order chi connectivity index (χ1) is 15.4. The van der Waals surface area contributed by atoms with Gasteiger partial charge in [0.15, 0.2) is 0 Å². The van der Waals surface area contributed by atoms with E-state index >= 15 is 0 Å². The van der Waals surface area contributed by atoms with Crippen LogP contribution < -0.4 is 10.2 Å². The number of hydrogen-bond donors (Lipinski definition) is 1. The molecule has 8 heteroatoms. The fourth-order valence-corrected chi connectivity index (χ4v) is 6.22. The van der Waals surface area contributed by atoms with Gasteiger partial charge in [0.1, 0.15) is 5.54 Å². The molecule has 6 nitrogen and oxygen atoms in total. The van der Waals surface area contributed by atoms with E-state index < -0.39 is 17.4 Å². The van der Waals surface area contributed by atoms with Crippen molar-refractivity contribution in [3.8, 4) is 0 Å². The van der Waals surface area contributed by atoms with Crippen LogP contribution in [0, 0.1) is 11.8 Å². The SMILES string of the molecule is CSCC[C@@H]1N[C@]2(C(=O)N(Cc3ccccc3Cl)c3ccccc32)[C@H]2C(=O)N(C)C(=O)[C@@H]12. The Morgan fingerprint density at radius 1 is 1.06 bits per heavy atom. The molecule has 3 amide bonds. The quantitative estimate of drug-likeness (QED) is 0.681. The van der Waals surface area contributed by atoms with E-state index in [2.05, 4.69) is 5.32 Å². The summed E-state index contributed by atoms with van der Waals surface area (Å²) in [5.74, 6) is -1.15. The minimum absolute atomic E-state index is 0.197. The maximum atomic E-state index is 14.2. The van der Waals surface area contributed by atoms with Crippen molar-refractivity contribution < 1.29 is 14.4 Å². The first-order valence-corrected chi connectivity index (χ1v) is 12.4. The number of nitrogens with zero attached hydrogens (tertiary/aromatic N) is 2. The molecule has 2 aromatic carbocycles. The van der Waals surface area contributed by atoms with E-state index in [1.54, 1.807) is 22.7 Å². The molecule has 0 aromatic heterocycles. The molecular formula is C24H24ClN3O3S. The second kappa shape index (κ2) is 7.90. The van der Waals surface area contributed by atoms with Gasteiger partial charge in [0, 0.05) is 29.4 Å². The van der Waals surface area contributed by atoms with Crippen LogP contribution in [-0.2, 0) is 26.5 Å². The smallest absolute Gasteiger partial charge is 0.253 e.